The number of carboxylic acid groups (broad SMARTS) is 1. The molecular weight excluding hydrogens is 691 g/mol. The number of ketones is 1. The Morgan fingerprint density at radius 1 is 0.942 bits per heavy atom. The summed E-state index contributed by atoms with van der Waals surface area (Å²) in [6.45, 7) is -1.88. The van der Waals surface area contributed by atoms with E-state index in [0.717, 1.165) is 15.4 Å². The zero-order valence-electron chi connectivity index (χ0n) is 26.8. The number of rotatable bonds is 14. The van der Waals surface area contributed by atoms with Crippen molar-refractivity contribution >= 4 is 29.4 Å². The van der Waals surface area contributed by atoms with Crippen LogP contribution in [0.3, 0.4) is 0 Å². The molecule has 0 saturated carbocycles. The molecule has 15 nitrogen and oxygen atoms in total. The molecule has 3 heterocycles. The minimum Gasteiger partial charge on any atom is -0.481 e. The van der Waals surface area contributed by atoms with E-state index in [1.807, 2.05) is 0 Å². The summed E-state index contributed by atoms with van der Waals surface area (Å²) in [4.78, 5) is 72.4. The number of carboxylic acids is 1. The van der Waals surface area contributed by atoms with E-state index in [-0.39, 0.29) is 23.8 Å². The summed E-state index contributed by atoms with van der Waals surface area (Å²) in [7, 11) is 0. The maximum atomic E-state index is 13.6. The summed E-state index contributed by atoms with van der Waals surface area (Å²) in [5, 5.41) is 17.5. The highest BCUT2D eigenvalue weighted by atomic mass is 19.4. The van der Waals surface area contributed by atoms with Crippen LogP contribution in [-0.4, -0.2) is 65.8 Å². The highest BCUT2D eigenvalue weighted by Crippen LogP contribution is 2.32. The van der Waals surface area contributed by atoms with Crippen molar-refractivity contribution in [3.05, 3.63) is 119 Å². The second-order valence-electron chi connectivity index (χ2n) is 10.9. The van der Waals surface area contributed by atoms with Gasteiger partial charge < -0.3 is 19.9 Å². The maximum absolute atomic E-state index is 13.6. The van der Waals surface area contributed by atoms with Crippen molar-refractivity contribution in [2.45, 2.75) is 31.8 Å². The summed E-state index contributed by atoms with van der Waals surface area (Å²) in [5.41, 5.74) is -1.41. The third-order valence-electron chi connectivity index (χ3n) is 7.15. The van der Waals surface area contributed by atoms with Crippen LogP contribution in [0.1, 0.15) is 17.7 Å². The van der Waals surface area contributed by atoms with Crippen LogP contribution in [0, 0.1) is 0 Å². The zero-order chi connectivity index (χ0) is 37.3. The van der Waals surface area contributed by atoms with Crippen LogP contribution in [0.4, 0.5) is 23.7 Å². The number of nitrogens with one attached hydrogen (secondary N) is 2. The fourth-order valence-corrected chi connectivity index (χ4v) is 4.73. The van der Waals surface area contributed by atoms with Gasteiger partial charge in [-0.25, -0.2) is 14.5 Å². The van der Waals surface area contributed by atoms with Crippen LogP contribution in [0.2, 0.25) is 0 Å². The summed E-state index contributed by atoms with van der Waals surface area (Å²) in [5.74, 6) is -4.07. The van der Waals surface area contributed by atoms with E-state index in [0.29, 0.717) is 17.2 Å². The third kappa shape index (κ3) is 9.43. The van der Waals surface area contributed by atoms with Gasteiger partial charge >= 0.3 is 18.2 Å². The number of amides is 2. The number of alkyl halides is 3. The Balaban J connectivity index is 1.34. The van der Waals surface area contributed by atoms with Crippen LogP contribution in [-0.2, 0) is 38.4 Å². The second-order valence-corrected chi connectivity index (χ2v) is 10.9. The number of Topliss-reactive ketones (excluding diaryl/α,β-unsaturated/α-hetero) is 1. The van der Waals surface area contributed by atoms with Gasteiger partial charge in [-0.2, -0.15) is 18.3 Å². The lowest BCUT2D eigenvalue weighted by atomic mass is 10.1. The quantitative estimate of drug-likeness (QED) is 0.151. The molecule has 0 radical (unpaired) electrons. The van der Waals surface area contributed by atoms with Crippen molar-refractivity contribution in [1.29, 1.82) is 0 Å². The predicted molar refractivity (Wildman–Crippen MR) is 175 cm³/mol. The molecule has 18 heteroatoms. The van der Waals surface area contributed by atoms with E-state index in [1.54, 1.807) is 60.7 Å². The van der Waals surface area contributed by atoms with Crippen molar-refractivity contribution in [1.82, 2.24) is 29.6 Å². The smallest absolute Gasteiger partial charge is 0.435 e. The molecule has 2 aromatic carbocycles. The molecule has 0 aliphatic carbocycles. The molecule has 1 atom stereocenters. The summed E-state index contributed by atoms with van der Waals surface area (Å²) in [6.07, 6.45) is -2.90. The molecule has 2 amide bonds. The average molecular weight is 720 g/mol. The fraction of sp³-hybridized carbons (Fsp3) is 0.176. The molecule has 3 N–H and O–H groups in total. The molecule has 0 aliphatic heterocycles. The van der Waals surface area contributed by atoms with Gasteiger partial charge in [0.1, 0.15) is 30.7 Å². The molecule has 5 aromatic rings. The Kier molecular flexibility index (Phi) is 11.4. The summed E-state index contributed by atoms with van der Waals surface area (Å²) >= 11 is 0. The number of carbonyl (C=O) groups is 4. The Morgan fingerprint density at radius 2 is 1.65 bits per heavy atom. The first-order chi connectivity index (χ1) is 24.9. The van der Waals surface area contributed by atoms with E-state index in [1.165, 1.54) is 24.5 Å². The number of hydrogen-bond donors (Lipinski definition) is 3. The number of benzene rings is 2. The van der Waals surface area contributed by atoms with Crippen molar-refractivity contribution in [2.24, 2.45) is 0 Å². The van der Waals surface area contributed by atoms with Gasteiger partial charge in [0.15, 0.2) is 18.1 Å². The number of halogens is 3. The normalized spacial score (nSPS) is 11.7. The maximum Gasteiger partial charge on any atom is 0.435 e. The summed E-state index contributed by atoms with van der Waals surface area (Å²) < 4.78 is 52.6. The largest absolute Gasteiger partial charge is 0.481 e. The molecule has 5 rings (SSSR count). The lowest BCUT2D eigenvalue weighted by Gasteiger charge is -2.18. The average Bonchev–Trinajstić information content (AvgIpc) is 3.57. The topological polar surface area (TPSA) is 197 Å². The molecule has 0 saturated heterocycles. The number of aliphatic carboxylic acids is 1. The Labute approximate surface area is 291 Å². The number of nitrogens with zero attached hydrogens (tertiary/aromatic N) is 5. The van der Waals surface area contributed by atoms with Crippen LogP contribution < -0.4 is 20.9 Å². The first-order valence-electron chi connectivity index (χ1n) is 15.3. The Morgan fingerprint density at radius 3 is 2.31 bits per heavy atom. The highest BCUT2D eigenvalue weighted by Gasteiger charge is 2.36. The van der Waals surface area contributed by atoms with Crippen LogP contribution in [0.15, 0.2) is 102 Å². The fourth-order valence-electron chi connectivity index (χ4n) is 4.73. The zero-order valence-corrected chi connectivity index (χ0v) is 26.8. The number of hydrogen-bond acceptors (Lipinski definition) is 10. The van der Waals surface area contributed by atoms with E-state index in [4.69, 9.17) is 9.47 Å². The Bertz CT molecular complexity index is 2110. The SMILES string of the molecule is O=C(O)C[C@H](NC(=O)Cn1c(-c2cccnc2)ncc(NC(=O)OCc2ccccc2)c1=O)C(=O)COc1cc(C(F)(F)F)nn1-c1ccccc1. The first kappa shape index (κ1) is 36.4. The molecule has 0 bridgehead atoms. The number of para-hydroxylation sites is 1. The van der Waals surface area contributed by atoms with Gasteiger partial charge in [0.25, 0.3) is 5.56 Å². The second kappa shape index (κ2) is 16.2. The number of pyridine rings is 1. The molecule has 268 valence electrons. The van der Waals surface area contributed by atoms with Gasteiger partial charge in [0.05, 0.1) is 18.3 Å². The van der Waals surface area contributed by atoms with Crippen molar-refractivity contribution in [3.63, 3.8) is 0 Å². The first-order valence-corrected chi connectivity index (χ1v) is 15.3. The van der Waals surface area contributed by atoms with Crippen LogP contribution in [0.25, 0.3) is 17.1 Å². The van der Waals surface area contributed by atoms with Crippen molar-refractivity contribution in [2.75, 3.05) is 11.9 Å². The van der Waals surface area contributed by atoms with E-state index >= 15 is 0 Å². The number of ether oxygens (including phenoxy) is 2. The van der Waals surface area contributed by atoms with Gasteiger partial charge in [0, 0.05) is 24.0 Å². The van der Waals surface area contributed by atoms with Gasteiger partial charge in [-0.15, -0.1) is 0 Å². The standard InChI is InChI=1S/C34H28F3N7O8/c35-34(36,37)27-15-29(44(42-27)23-11-5-2-6-12-23)51-20-26(45)24(14-30(47)48)40-28(46)18-43-31(22-10-7-13-38-16-22)39-17-25(32(43)49)41-33(50)52-19-21-8-3-1-4-9-21/h1-13,15-17,24H,14,18-20H2,(H,40,46)(H,41,50)(H,47,48)/t24-/m0/s1. The van der Waals surface area contributed by atoms with Crippen molar-refractivity contribution < 1.29 is 46.9 Å². The van der Waals surface area contributed by atoms with E-state index in [2.05, 4.69) is 25.7 Å². The molecule has 52 heavy (non-hydrogen) atoms. The van der Waals surface area contributed by atoms with Crippen molar-refractivity contribution in [3.8, 4) is 23.0 Å². The molecule has 0 fully saturated rings. The molecule has 3 aromatic heterocycles. The lowest BCUT2D eigenvalue weighted by Crippen LogP contribution is -2.46. The molecular formula is C34H28F3N7O8. The molecule has 0 unspecified atom stereocenters. The van der Waals surface area contributed by atoms with Crippen LogP contribution >= 0.6 is 0 Å². The lowest BCUT2D eigenvalue weighted by molar-refractivity contribution is -0.141. The van der Waals surface area contributed by atoms with Gasteiger partial charge in [0.2, 0.25) is 11.8 Å². The molecule has 0 aliphatic rings. The third-order valence-corrected chi connectivity index (χ3v) is 7.15. The number of aromatic nitrogens is 5. The van der Waals surface area contributed by atoms with Gasteiger partial charge in [-0.05, 0) is 29.8 Å². The minimum absolute atomic E-state index is 0.0597. The number of anilines is 1. The van der Waals surface area contributed by atoms with Gasteiger partial charge in [-0.1, -0.05) is 48.5 Å². The number of carbonyl (C=O) groups excluding carboxylic acids is 3. The van der Waals surface area contributed by atoms with Gasteiger partial charge in [-0.3, -0.25) is 34.0 Å². The monoisotopic (exact) mass is 719 g/mol. The predicted octanol–water partition coefficient (Wildman–Crippen LogP) is 3.87. The Hall–Kier alpha value is -6.85. The highest BCUT2D eigenvalue weighted by molar-refractivity contribution is 5.93. The molecule has 0 spiro atoms. The van der Waals surface area contributed by atoms with E-state index in [9.17, 15) is 42.3 Å². The van der Waals surface area contributed by atoms with E-state index < -0.39 is 72.7 Å². The summed E-state index contributed by atoms with van der Waals surface area (Å²) in [6, 6.07) is 18.3. The minimum atomic E-state index is -4.85. The van der Waals surface area contributed by atoms with Crippen LogP contribution in [0.5, 0.6) is 5.88 Å².